The number of halogens is 1. The smallest absolute Gasteiger partial charge is 0.312 e. The summed E-state index contributed by atoms with van der Waals surface area (Å²) in [6, 6.07) is 0. The lowest BCUT2D eigenvalue weighted by Crippen LogP contribution is -2.61. The molecule has 6 rings (SSSR count). The van der Waals surface area contributed by atoms with Crippen LogP contribution in [0.25, 0.3) is 0 Å². The zero-order valence-electron chi connectivity index (χ0n) is 17.7. The molecule has 4 fully saturated rings. The second-order valence-electron chi connectivity index (χ2n) is 9.68. The Morgan fingerprint density at radius 1 is 1.29 bits per heavy atom. The van der Waals surface area contributed by atoms with Crippen molar-refractivity contribution in [3.8, 4) is 0 Å². The minimum absolute atomic E-state index is 0.0424. The van der Waals surface area contributed by atoms with Crippen molar-refractivity contribution in [2.45, 2.75) is 64.5 Å². The first-order chi connectivity index (χ1) is 14.7. The van der Waals surface area contributed by atoms with Gasteiger partial charge in [-0.1, -0.05) is 0 Å². The Kier molecular flexibility index (Phi) is 4.62. The Hall–Kier alpha value is -2.49. The van der Waals surface area contributed by atoms with Crippen LogP contribution in [0.15, 0.2) is 6.33 Å². The van der Waals surface area contributed by atoms with E-state index in [4.69, 9.17) is 11.6 Å². The van der Waals surface area contributed by atoms with E-state index in [9.17, 15) is 14.9 Å². The number of carbonyl (C=O) groups is 1. The van der Waals surface area contributed by atoms with Crippen LogP contribution in [0.5, 0.6) is 0 Å². The van der Waals surface area contributed by atoms with Gasteiger partial charge in [-0.05, 0) is 75.8 Å². The van der Waals surface area contributed by atoms with Crippen LogP contribution in [-0.4, -0.2) is 41.9 Å². The lowest BCUT2D eigenvalue weighted by atomic mass is 9.46. The highest BCUT2D eigenvalue weighted by Crippen LogP contribution is 2.64. The van der Waals surface area contributed by atoms with Crippen LogP contribution in [0.3, 0.4) is 0 Å². The molecule has 4 aliphatic rings. The summed E-state index contributed by atoms with van der Waals surface area (Å²) in [5.41, 5.74) is 0.360. The van der Waals surface area contributed by atoms with Gasteiger partial charge in [0.1, 0.15) is 17.7 Å². The van der Waals surface area contributed by atoms with Gasteiger partial charge in [0.05, 0.1) is 22.4 Å². The van der Waals surface area contributed by atoms with Crippen LogP contribution in [0.4, 0.5) is 5.69 Å². The van der Waals surface area contributed by atoms with E-state index in [1.54, 1.807) is 24.9 Å². The normalized spacial score (nSPS) is 31.2. The number of hydrogen-bond acceptors (Lipinski definition) is 6. The average molecular weight is 448 g/mol. The van der Waals surface area contributed by atoms with Gasteiger partial charge in [0.15, 0.2) is 0 Å². The molecule has 166 valence electrons. The third kappa shape index (κ3) is 3.22. The van der Waals surface area contributed by atoms with Crippen LogP contribution in [0, 0.1) is 41.2 Å². The average Bonchev–Trinajstić information content (AvgIpc) is 3.24. The zero-order chi connectivity index (χ0) is 22.0. The Labute approximate surface area is 184 Å². The van der Waals surface area contributed by atoms with Crippen molar-refractivity contribution in [2.75, 3.05) is 6.54 Å². The summed E-state index contributed by atoms with van der Waals surface area (Å²) in [6.45, 7) is 4.10. The highest BCUT2D eigenvalue weighted by molar-refractivity contribution is 6.28. The number of nitro groups is 1. The van der Waals surface area contributed by atoms with Gasteiger partial charge in [-0.15, -0.1) is 5.10 Å². The molecule has 0 aliphatic heterocycles. The van der Waals surface area contributed by atoms with Crippen molar-refractivity contribution in [1.82, 2.24) is 29.9 Å². The zero-order valence-corrected chi connectivity index (χ0v) is 18.4. The fraction of sp³-hybridized carbons (Fsp3) is 0.700. The first-order valence-electron chi connectivity index (χ1n) is 10.8. The molecular weight excluding hydrogens is 422 g/mol. The number of nitrogens with zero attached hydrogens (tertiary/aromatic N) is 6. The van der Waals surface area contributed by atoms with E-state index in [2.05, 4.69) is 20.5 Å². The maximum atomic E-state index is 13.4. The Balaban J connectivity index is 1.31. The van der Waals surface area contributed by atoms with Crippen LogP contribution in [-0.2, 0) is 16.9 Å². The second-order valence-corrected chi connectivity index (χ2v) is 10.0. The van der Waals surface area contributed by atoms with Crippen LogP contribution >= 0.6 is 11.6 Å². The van der Waals surface area contributed by atoms with Crippen molar-refractivity contribution < 1.29 is 9.72 Å². The van der Waals surface area contributed by atoms with E-state index in [1.807, 2.05) is 4.68 Å². The standard InChI is InChI=1S/C20H26ClN7O3/c1-12-16(28(30)31)13(2)26(24-12)4-3-22-17(29)19-6-14-5-15(7-19)9-20(8-14,10-19)27-11-23-18(21)25-27/h11,14-15H,3-10H2,1-2H3,(H,22,29). The summed E-state index contributed by atoms with van der Waals surface area (Å²) in [4.78, 5) is 28.3. The largest absolute Gasteiger partial charge is 0.354 e. The summed E-state index contributed by atoms with van der Waals surface area (Å²) < 4.78 is 3.51. The van der Waals surface area contributed by atoms with Gasteiger partial charge in [0, 0.05) is 6.54 Å². The number of rotatable bonds is 6. The quantitative estimate of drug-likeness (QED) is 0.536. The van der Waals surface area contributed by atoms with Gasteiger partial charge in [-0.2, -0.15) is 5.10 Å². The molecule has 2 aromatic rings. The Morgan fingerprint density at radius 3 is 2.58 bits per heavy atom. The SMILES string of the molecule is Cc1nn(CCNC(=O)C23CC4CC(C2)CC(n2cnc(Cl)n2)(C4)C3)c(C)c1[N+](=O)[O-]. The highest BCUT2D eigenvalue weighted by atomic mass is 35.5. The van der Waals surface area contributed by atoms with Gasteiger partial charge >= 0.3 is 5.69 Å². The van der Waals surface area contributed by atoms with E-state index >= 15 is 0 Å². The van der Waals surface area contributed by atoms with Crippen LogP contribution in [0.1, 0.15) is 49.9 Å². The molecule has 2 heterocycles. The topological polar surface area (TPSA) is 121 Å². The summed E-state index contributed by atoms with van der Waals surface area (Å²) in [5.74, 6) is 1.09. The third-order valence-electron chi connectivity index (χ3n) is 7.60. The number of aromatic nitrogens is 5. The molecule has 0 radical (unpaired) electrons. The molecule has 31 heavy (non-hydrogen) atoms. The maximum absolute atomic E-state index is 13.4. The fourth-order valence-corrected chi connectivity index (χ4v) is 6.98. The Bertz CT molecular complexity index is 1050. The molecule has 0 spiro atoms. The molecule has 11 heteroatoms. The van der Waals surface area contributed by atoms with Crippen molar-refractivity contribution in [3.05, 3.63) is 33.1 Å². The van der Waals surface area contributed by atoms with Crippen molar-refractivity contribution >= 4 is 23.2 Å². The first-order valence-corrected chi connectivity index (χ1v) is 11.1. The maximum Gasteiger partial charge on any atom is 0.312 e. The monoisotopic (exact) mass is 447 g/mol. The van der Waals surface area contributed by atoms with Gasteiger partial charge in [-0.3, -0.25) is 19.6 Å². The molecule has 4 saturated carbocycles. The molecular formula is C20H26ClN7O3. The number of amides is 1. The minimum Gasteiger partial charge on any atom is -0.354 e. The first kappa shape index (κ1) is 20.4. The Morgan fingerprint density at radius 2 is 2.00 bits per heavy atom. The van der Waals surface area contributed by atoms with E-state index in [-0.39, 0.29) is 22.4 Å². The number of hydrogen-bond donors (Lipinski definition) is 1. The van der Waals surface area contributed by atoms with E-state index in [1.165, 1.54) is 6.42 Å². The minimum atomic E-state index is -0.405. The molecule has 1 amide bonds. The molecule has 0 saturated heterocycles. The number of nitrogens with one attached hydrogen (secondary N) is 1. The van der Waals surface area contributed by atoms with Crippen LogP contribution in [0.2, 0.25) is 5.28 Å². The molecule has 10 nitrogen and oxygen atoms in total. The van der Waals surface area contributed by atoms with Crippen molar-refractivity contribution in [3.63, 3.8) is 0 Å². The third-order valence-corrected chi connectivity index (χ3v) is 7.77. The van der Waals surface area contributed by atoms with Gasteiger partial charge in [0.25, 0.3) is 0 Å². The molecule has 4 aliphatic carbocycles. The number of aryl methyl sites for hydroxylation is 1. The lowest BCUT2D eigenvalue weighted by Gasteiger charge is -2.60. The van der Waals surface area contributed by atoms with Gasteiger partial charge in [0.2, 0.25) is 11.2 Å². The molecule has 1 N–H and O–H groups in total. The number of carbonyl (C=O) groups excluding carboxylic acids is 1. The predicted octanol–water partition coefficient (Wildman–Crippen LogP) is 2.76. The summed E-state index contributed by atoms with van der Waals surface area (Å²) in [7, 11) is 0. The van der Waals surface area contributed by atoms with E-state index in [0.29, 0.717) is 36.3 Å². The van der Waals surface area contributed by atoms with E-state index < -0.39 is 10.3 Å². The molecule has 2 atom stereocenters. The summed E-state index contributed by atoms with van der Waals surface area (Å²) in [5, 5.41) is 23.2. The van der Waals surface area contributed by atoms with Crippen LogP contribution < -0.4 is 5.32 Å². The predicted molar refractivity (Wildman–Crippen MR) is 111 cm³/mol. The van der Waals surface area contributed by atoms with E-state index in [0.717, 1.165) is 32.1 Å². The van der Waals surface area contributed by atoms with Gasteiger partial charge in [-0.25, -0.2) is 9.67 Å². The lowest BCUT2D eigenvalue weighted by molar-refractivity contribution is -0.386. The molecule has 2 aromatic heterocycles. The van der Waals surface area contributed by atoms with Crippen molar-refractivity contribution in [1.29, 1.82) is 0 Å². The fourth-order valence-electron chi connectivity index (χ4n) is 6.85. The van der Waals surface area contributed by atoms with Crippen molar-refractivity contribution in [2.24, 2.45) is 17.3 Å². The van der Waals surface area contributed by atoms with Gasteiger partial charge < -0.3 is 5.32 Å². The summed E-state index contributed by atoms with van der Waals surface area (Å²) >= 11 is 6.00. The second kappa shape index (κ2) is 7.01. The summed E-state index contributed by atoms with van der Waals surface area (Å²) in [6.07, 6.45) is 7.49. The molecule has 4 bridgehead atoms. The molecule has 2 unspecified atom stereocenters. The molecule has 0 aromatic carbocycles. The highest BCUT2D eigenvalue weighted by Gasteiger charge is 2.61.